The molecule has 1 aromatic carbocycles. The number of carbonyl (C=O) groups is 1. The molecule has 2 N–H and O–H groups in total. The summed E-state index contributed by atoms with van der Waals surface area (Å²) in [7, 11) is 0. The third-order valence-corrected chi connectivity index (χ3v) is 5.56. The van der Waals surface area contributed by atoms with Crippen molar-refractivity contribution in [3.8, 4) is 0 Å². The van der Waals surface area contributed by atoms with Crippen molar-refractivity contribution in [2.45, 2.75) is 45.2 Å². The van der Waals surface area contributed by atoms with Crippen molar-refractivity contribution in [3.63, 3.8) is 0 Å². The van der Waals surface area contributed by atoms with E-state index in [0.29, 0.717) is 13.1 Å². The lowest BCUT2D eigenvalue weighted by molar-refractivity contribution is -0.137. The van der Waals surface area contributed by atoms with Crippen molar-refractivity contribution in [1.29, 1.82) is 0 Å². The number of hydrogen-bond acceptors (Lipinski definition) is 3. The fourth-order valence-electron chi connectivity index (χ4n) is 3.87. The van der Waals surface area contributed by atoms with E-state index in [1.807, 2.05) is 17.0 Å². The van der Waals surface area contributed by atoms with Gasteiger partial charge in [-0.3, -0.25) is 9.69 Å². The molecular weight excluding hydrogens is 305 g/mol. The zero-order valence-electron chi connectivity index (χ0n) is 14.5. The Kier molecular flexibility index (Phi) is 5.21. The molecule has 0 saturated carbocycles. The van der Waals surface area contributed by atoms with E-state index in [0.717, 1.165) is 50.9 Å². The van der Waals surface area contributed by atoms with E-state index in [-0.39, 0.29) is 23.2 Å². The Bertz CT molecular complexity index is 576. The van der Waals surface area contributed by atoms with Gasteiger partial charge in [0.1, 0.15) is 5.82 Å². The molecule has 24 heavy (non-hydrogen) atoms. The second-order valence-electron chi connectivity index (χ2n) is 7.63. The Balaban J connectivity index is 1.68. The predicted molar refractivity (Wildman–Crippen MR) is 92.8 cm³/mol. The first-order valence-electron chi connectivity index (χ1n) is 8.98. The molecule has 4 nitrogen and oxygen atoms in total. The molecule has 132 valence electrons. The van der Waals surface area contributed by atoms with Crippen molar-refractivity contribution in [2.24, 2.45) is 11.1 Å². The predicted octanol–water partition coefficient (Wildman–Crippen LogP) is 2.38. The van der Waals surface area contributed by atoms with Crippen LogP contribution in [0.5, 0.6) is 0 Å². The van der Waals surface area contributed by atoms with E-state index >= 15 is 0 Å². The summed E-state index contributed by atoms with van der Waals surface area (Å²) < 4.78 is 13.1. The quantitative estimate of drug-likeness (QED) is 0.920. The van der Waals surface area contributed by atoms with Gasteiger partial charge in [-0.15, -0.1) is 0 Å². The Morgan fingerprint density at radius 1 is 1.29 bits per heavy atom. The first kappa shape index (κ1) is 17.4. The Morgan fingerprint density at radius 2 is 2.04 bits per heavy atom. The smallest absolute Gasteiger partial charge is 0.239 e. The molecule has 0 radical (unpaired) electrons. The first-order chi connectivity index (χ1) is 11.5. The highest BCUT2D eigenvalue weighted by molar-refractivity contribution is 5.82. The van der Waals surface area contributed by atoms with Crippen LogP contribution in [0, 0.1) is 11.2 Å². The third kappa shape index (κ3) is 3.78. The van der Waals surface area contributed by atoms with Gasteiger partial charge in [0, 0.05) is 19.6 Å². The van der Waals surface area contributed by atoms with Gasteiger partial charge in [0.25, 0.3) is 0 Å². The van der Waals surface area contributed by atoms with Crippen LogP contribution in [0.15, 0.2) is 24.3 Å². The maximum Gasteiger partial charge on any atom is 0.239 e. The van der Waals surface area contributed by atoms with E-state index in [9.17, 15) is 9.18 Å². The highest BCUT2D eigenvalue weighted by atomic mass is 19.1. The summed E-state index contributed by atoms with van der Waals surface area (Å²) in [5.41, 5.74) is 6.99. The second kappa shape index (κ2) is 7.19. The summed E-state index contributed by atoms with van der Waals surface area (Å²) >= 11 is 0. The van der Waals surface area contributed by atoms with Crippen LogP contribution in [0.1, 0.15) is 38.2 Å². The third-order valence-electron chi connectivity index (χ3n) is 5.56. The zero-order chi connectivity index (χ0) is 17.2. The Labute approximate surface area is 143 Å². The van der Waals surface area contributed by atoms with Crippen LogP contribution in [-0.4, -0.2) is 47.9 Å². The van der Waals surface area contributed by atoms with Gasteiger partial charge < -0.3 is 10.6 Å². The van der Waals surface area contributed by atoms with Crippen molar-refractivity contribution < 1.29 is 9.18 Å². The summed E-state index contributed by atoms with van der Waals surface area (Å²) in [6.45, 7) is 6.00. The highest BCUT2D eigenvalue weighted by Gasteiger charge is 2.39. The number of benzene rings is 1. The van der Waals surface area contributed by atoms with Crippen LogP contribution in [0.25, 0.3) is 0 Å². The number of likely N-dealkylation sites (tertiary alicyclic amines) is 2. The SMILES string of the molecule is CC1(CN)CCN(C(=O)C2CCCCN2Cc2ccc(F)cc2)C1. The molecule has 2 aliphatic rings. The average Bonchev–Trinajstić information content (AvgIpc) is 3.00. The lowest BCUT2D eigenvalue weighted by Crippen LogP contribution is -2.50. The molecule has 2 fully saturated rings. The van der Waals surface area contributed by atoms with Crippen molar-refractivity contribution in [1.82, 2.24) is 9.80 Å². The summed E-state index contributed by atoms with van der Waals surface area (Å²) in [5.74, 6) is 0.0251. The summed E-state index contributed by atoms with van der Waals surface area (Å²) in [6.07, 6.45) is 4.11. The molecule has 2 unspecified atom stereocenters. The lowest BCUT2D eigenvalue weighted by atomic mass is 9.90. The summed E-state index contributed by atoms with van der Waals surface area (Å²) in [5, 5.41) is 0. The zero-order valence-corrected chi connectivity index (χ0v) is 14.5. The van der Waals surface area contributed by atoms with Gasteiger partial charge in [-0.2, -0.15) is 0 Å². The number of hydrogen-bond donors (Lipinski definition) is 1. The molecule has 0 aliphatic carbocycles. The number of carbonyl (C=O) groups excluding carboxylic acids is 1. The molecule has 0 spiro atoms. The highest BCUT2D eigenvalue weighted by Crippen LogP contribution is 2.31. The normalized spacial score (nSPS) is 28.3. The number of piperidine rings is 1. The fraction of sp³-hybridized carbons (Fsp3) is 0.632. The largest absolute Gasteiger partial charge is 0.341 e. The molecular formula is C19H28FN3O. The topological polar surface area (TPSA) is 49.6 Å². The van der Waals surface area contributed by atoms with Crippen LogP contribution in [-0.2, 0) is 11.3 Å². The summed E-state index contributed by atoms with van der Waals surface area (Å²) in [4.78, 5) is 17.3. The molecule has 1 amide bonds. The molecule has 2 saturated heterocycles. The summed E-state index contributed by atoms with van der Waals surface area (Å²) in [6, 6.07) is 6.55. The Morgan fingerprint density at radius 3 is 2.71 bits per heavy atom. The molecule has 5 heteroatoms. The number of halogens is 1. The lowest BCUT2D eigenvalue weighted by Gasteiger charge is -2.37. The van der Waals surface area contributed by atoms with Gasteiger partial charge in [-0.05, 0) is 55.5 Å². The van der Waals surface area contributed by atoms with Crippen molar-refractivity contribution in [2.75, 3.05) is 26.2 Å². The fourth-order valence-corrected chi connectivity index (χ4v) is 3.87. The van der Waals surface area contributed by atoms with Gasteiger partial charge >= 0.3 is 0 Å². The average molecular weight is 333 g/mol. The van der Waals surface area contributed by atoms with E-state index in [1.54, 1.807) is 0 Å². The number of rotatable bonds is 4. The molecule has 2 atom stereocenters. The van der Waals surface area contributed by atoms with Crippen LogP contribution in [0.2, 0.25) is 0 Å². The van der Waals surface area contributed by atoms with Crippen LogP contribution in [0.4, 0.5) is 4.39 Å². The monoisotopic (exact) mass is 333 g/mol. The number of amides is 1. The minimum absolute atomic E-state index is 0.0519. The van der Waals surface area contributed by atoms with E-state index in [2.05, 4.69) is 11.8 Å². The van der Waals surface area contributed by atoms with Gasteiger partial charge in [0.15, 0.2) is 0 Å². The van der Waals surface area contributed by atoms with Gasteiger partial charge in [-0.25, -0.2) is 4.39 Å². The molecule has 0 aromatic heterocycles. The minimum atomic E-state index is -0.219. The van der Waals surface area contributed by atoms with Gasteiger partial charge in [0.2, 0.25) is 5.91 Å². The van der Waals surface area contributed by atoms with Crippen LogP contribution < -0.4 is 5.73 Å². The van der Waals surface area contributed by atoms with Crippen molar-refractivity contribution >= 4 is 5.91 Å². The molecule has 2 aliphatic heterocycles. The first-order valence-corrected chi connectivity index (χ1v) is 8.98. The van der Waals surface area contributed by atoms with Gasteiger partial charge in [-0.1, -0.05) is 25.5 Å². The Hall–Kier alpha value is -1.46. The standard InChI is InChI=1S/C19H28FN3O/c1-19(13-21)9-11-23(14-19)18(24)17-4-2-3-10-22(17)12-15-5-7-16(20)8-6-15/h5-8,17H,2-4,9-14,21H2,1H3. The molecule has 1 aromatic rings. The van der Waals surface area contributed by atoms with E-state index in [4.69, 9.17) is 5.73 Å². The maximum absolute atomic E-state index is 13.1. The van der Waals surface area contributed by atoms with Crippen LogP contribution >= 0.6 is 0 Å². The van der Waals surface area contributed by atoms with Gasteiger partial charge in [0.05, 0.1) is 6.04 Å². The molecule has 2 heterocycles. The van der Waals surface area contributed by atoms with Crippen molar-refractivity contribution in [3.05, 3.63) is 35.6 Å². The van der Waals surface area contributed by atoms with E-state index in [1.165, 1.54) is 12.1 Å². The maximum atomic E-state index is 13.1. The van der Waals surface area contributed by atoms with Crippen LogP contribution in [0.3, 0.4) is 0 Å². The number of nitrogens with two attached hydrogens (primary N) is 1. The number of nitrogens with zero attached hydrogens (tertiary/aromatic N) is 2. The molecule has 3 rings (SSSR count). The molecule has 0 bridgehead atoms. The minimum Gasteiger partial charge on any atom is -0.341 e. The second-order valence-corrected chi connectivity index (χ2v) is 7.63. The van der Waals surface area contributed by atoms with E-state index < -0.39 is 0 Å².